The number of aliphatic imine (C=N–C) groups is 1. The molecule has 1 aromatic rings. The molecule has 0 saturated carbocycles. The second-order valence-electron chi connectivity index (χ2n) is 7.39. The van der Waals surface area contributed by atoms with Crippen LogP contribution in [0.5, 0.6) is 5.75 Å². The minimum Gasteiger partial charge on any atom is -0.493 e. The van der Waals surface area contributed by atoms with Gasteiger partial charge < -0.3 is 20.1 Å². The van der Waals surface area contributed by atoms with Gasteiger partial charge in [0.1, 0.15) is 5.75 Å². The van der Waals surface area contributed by atoms with Crippen molar-refractivity contribution in [2.75, 3.05) is 47.0 Å². The predicted molar refractivity (Wildman–Crippen MR) is 116 cm³/mol. The van der Waals surface area contributed by atoms with E-state index >= 15 is 0 Å². The molecule has 0 radical (unpaired) electrons. The summed E-state index contributed by atoms with van der Waals surface area (Å²) in [5.74, 6) is 1.77. The van der Waals surface area contributed by atoms with Crippen molar-refractivity contribution in [2.24, 2.45) is 4.99 Å². The van der Waals surface area contributed by atoms with Gasteiger partial charge in [-0.05, 0) is 44.5 Å². The molecule has 0 aromatic heterocycles. The number of ether oxygens (including phenoxy) is 2. The molecule has 6 heteroatoms. The van der Waals surface area contributed by atoms with Gasteiger partial charge >= 0.3 is 0 Å². The van der Waals surface area contributed by atoms with E-state index in [1.165, 1.54) is 31.4 Å². The molecule has 28 heavy (non-hydrogen) atoms. The molecule has 1 aliphatic rings. The molecule has 1 saturated heterocycles. The maximum atomic E-state index is 5.98. The normalized spacial score (nSPS) is 18.1. The Labute approximate surface area is 170 Å². The van der Waals surface area contributed by atoms with Crippen LogP contribution < -0.4 is 15.4 Å². The van der Waals surface area contributed by atoms with Crippen molar-refractivity contribution in [2.45, 2.75) is 52.1 Å². The van der Waals surface area contributed by atoms with Gasteiger partial charge in [0, 0.05) is 51.9 Å². The standard InChI is InChI=1S/C22H38N4O2/c1-5-26-12-7-6-9-20(26)17-25-22(23-3)24-16-19-11-10-18(2)15-21(19)28-14-8-13-27-4/h10-11,15,20H,5-9,12-14,16-17H2,1-4H3,(H2,23,24,25). The second kappa shape index (κ2) is 12.6. The minimum absolute atomic E-state index is 0.594. The third kappa shape index (κ3) is 7.32. The highest BCUT2D eigenvalue weighted by molar-refractivity contribution is 5.79. The first-order valence-corrected chi connectivity index (χ1v) is 10.6. The number of guanidine groups is 1. The second-order valence-corrected chi connectivity index (χ2v) is 7.39. The molecule has 1 aromatic carbocycles. The fourth-order valence-electron chi connectivity index (χ4n) is 3.65. The molecular weight excluding hydrogens is 352 g/mol. The molecule has 1 heterocycles. The number of aryl methyl sites for hydroxylation is 1. The van der Waals surface area contributed by atoms with Gasteiger partial charge in [-0.15, -0.1) is 0 Å². The zero-order valence-corrected chi connectivity index (χ0v) is 18.1. The van der Waals surface area contributed by atoms with Crippen LogP contribution in [0.4, 0.5) is 0 Å². The van der Waals surface area contributed by atoms with E-state index in [4.69, 9.17) is 9.47 Å². The van der Waals surface area contributed by atoms with Crippen molar-refractivity contribution in [3.8, 4) is 5.75 Å². The largest absolute Gasteiger partial charge is 0.493 e. The molecule has 2 N–H and O–H groups in total. The van der Waals surface area contributed by atoms with E-state index in [9.17, 15) is 0 Å². The Bertz CT molecular complexity index is 606. The monoisotopic (exact) mass is 390 g/mol. The summed E-state index contributed by atoms with van der Waals surface area (Å²) in [4.78, 5) is 6.96. The van der Waals surface area contributed by atoms with Crippen LogP contribution in [0.3, 0.4) is 0 Å². The smallest absolute Gasteiger partial charge is 0.191 e. The number of nitrogens with one attached hydrogen (secondary N) is 2. The Morgan fingerprint density at radius 1 is 1.25 bits per heavy atom. The fourth-order valence-corrected chi connectivity index (χ4v) is 3.65. The van der Waals surface area contributed by atoms with Crippen molar-refractivity contribution in [1.82, 2.24) is 15.5 Å². The molecular formula is C22H38N4O2. The quantitative estimate of drug-likeness (QED) is 0.365. The predicted octanol–water partition coefficient (Wildman–Crippen LogP) is 2.95. The number of likely N-dealkylation sites (N-methyl/N-ethyl adjacent to an activating group) is 1. The first-order valence-electron chi connectivity index (χ1n) is 10.6. The van der Waals surface area contributed by atoms with Crippen molar-refractivity contribution >= 4 is 5.96 Å². The van der Waals surface area contributed by atoms with Crippen molar-refractivity contribution < 1.29 is 9.47 Å². The Kier molecular flexibility index (Phi) is 10.1. The molecule has 0 bridgehead atoms. The van der Waals surface area contributed by atoms with Gasteiger partial charge in [-0.3, -0.25) is 9.89 Å². The van der Waals surface area contributed by atoms with Gasteiger partial charge in [0.15, 0.2) is 5.96 Å². The number of likely N-dealkylation sites (tertiary alicyclic amines) is 1. The third-order valence-electron chi connectivity index (χ3n) is 5.30. The number of hydrogen-bond acceptors (Lipinski definition) is 4. The van der Waals surface area contributed by atoms with Crippen LogP contribution >= 0.6 is 0 Å². The molecule has 6 nitrogen and oxygen atoms in total. The summed E-state index contributed by atoms with van der Waals surface area (Å²) in [6.07, 6.45) is 4.78. The number of hydrogen-bond donors (Lipinski definition) is 2. The van der Waals surface area contributed by atoms with Crippen LogP contribution in [0, 0.1) is 6.92 Å². The SMILES string of the molecule is CCN1CCCCC1CNC(=NC)NCc1ccc(C)cc1OCCCOC. The molecule has 1 aliphatic heterocycles. The summed E-state index contributed by atoms with van der Waals surface area (Å²) >= 11 is 0. The van der Waals surface area contributed by atoms with Crippen LogP contribution in [-0.2, 0) is 11.3 Å². The van der Waals surface area contributed by atoms with E-state index in [0.29, 0.717) is 25.8 Å². The topological polar surface area (TPSA) is 58.1 Å². The highest BCUT2D eigenvalue weighted by Gasteiger charge is 2.20. The summed E-state index contributed by atoms with van der Waals surface area (Å²) in [7, 11) is 3.54. The molecule has 2 rings (SSSR count). The molecule has 0 amide bonds. The van der Waals surface area contributed by atoms with Gasteiger partial charge in [0.05, 0.1) is 6.61 Å². The van der Waals surface area contributed by atoms with E-state index in [2.05, 4.69) is 52.6 Å². The van der Waals surface area contributed by atoms with Crippen molar-refractivity contribution in [3.63, 3.8) is 0 Å². The maximum absolute atomic E-state index is 5.98. The Balaban J connectivity index is 1.86. The van der Waals surface area contributed by atoms with Crippen LogP contribution in [-0.4, -0.2) is 63.9 Å². The Hall–Kier alpha value is -1.79. The molecule has 0 spiro atoms. The highest BCUT2D eigenvalue weighted by Crippen LogP contribution is 2.20. The van der Waals surface area contributed by atoms with Crippen molar-refractivity contribution in [1.29, 1.82) is 0 Å². The summed E-state index contributed by atoms with van der Waals surface area (Å²) in [6, 6.07) is 6.94. The summed E-state index contributed by atoms with van der Waals surface area (Å²) < 4.78 is 11.1. The number of benzene rings is 1. The first-order chi connectivity index (χ1) is 13.7. The molecule has 0 aliphatic carbocycles. The van der Waals surface area contributed by atoms with Crippen LogP contribution in [0.2, 0.25) is 0 Å². The van der Waals surface area contributed by atoms with Crippen LogP contribution in [0.25, 0.3) is 0 Å². The van der Waals surface area contributed by atoms with Gasteiger partial charge in [0.2, 0.25) is 0 Å². The van der Waals surface area contributed by atoms with E-state index in [1.54, 1.807) is 7.11 Å². The summed E-state index contributed by atoms with van der Waals surface area (Å²) in [6.45, 7) is 9.65. The maximum Gasteiger partial charge on any atom is 0.191 e. The van der Waals surface area contributed by atoms with Gasteiger partial charge in [0.25, 0.3) is 0 Å². The summed E-state index contributed by atoms with van der Waals surface area (Å²) in [5, 5.41) is 6.94. The van der Waals surface area contributed by atoms with Gasteiger partial charge in [-0.2, -0.15) is 0 Å². The lowest BCUT2D eigenvalue weighted by atomic mass is 10.0. The molecule has 1 atom stereocenters. The summed E-state index contributed by atoms with van der Waals surface area (Å²) in [5.41, 5.74) is 2.34. The van der Waals surface area contributed by atoms with Crippen molar-refractivity contribution in [3.05, 3.63) is 29.3 Å². The van der Waals surface area contributed by atoms with E-state index in [-0.39, 0.29) is 0 Å². The highest BCUT2D eigenvalue weighted by atomic mass is 16.5. The van der Waals surface area contributed by atoms with E-state index < -0.39 is 0 Å². The molecule has 1 fully saturated rings. The zero-order valence-electron chi connectivity index (χ0n) is 18.1. The Morgan fingerprint density at radius 3 is 2.86 bits per heavy atom. The lowest BCUT2D eigenvalue weighted by molar-refractivity contribution is 0.157. The fraction of sp³-hybridized carbons (Fsp3) is 0.682. The lowest BCUT2D eigenvalue weighted by Gasteiger charge is -2.35. The third-order valence-corrected chi connectivity index (χ3v) is 5.30. The van der Waals surface area contributed by atoms with Crippen LogP contribution in [0.15, 0.2) is 23.2 Å². The lowest BCUT2D eigenvalue weighted by Crippen LogP contribution is -2.48. The average molecular weight is 391 g/mol. The Morgan fingerprint density at radius 2 is 2.11 bits per heavy atom. The van der Waals surface area contributed by atoms with E-state index in [0.717, 1.165) is 36.8 Å². The number of nitrogens with zero attached hydrogens (tertiary/aromatic N) is 2. The van der Waals surface area contributed by atoms with Gasteiger partial charge in [-0.25, -0.2) is 0 Å². The first kappa shape index (κ1) is 22.5. The minimum atomic E-state index is 0.594. The zero-order chi connectivity index (χ0) is 20.2. The van der Waals surface area contributed by atoms with Crippen LogP contribution in [0.1, 0.15) is 43.7 Å². The molecule has 158 valence electrons. The molecule has 1 unspecified atom stereocenters. The number of rotatable bonds is 10. The van der Waals surface area contributed by atoms with Gasteiger partial charge in [-0.1, -0.05) is 25.5 Å². The average Bonchev–Trinajstić information content (AvgIpc) is 2.72. The number of methoxy groups -OCH3 is 1. The number of piperidine rings is 1. The van der Waals surface area contributed by atoms with E-state index in [1.807, 2.05) is 7.05 Å².